The summed E-state index contributed by atoms with van der Waals surface area (Å²) in [6.07, 6.45) is 0.287. The van der Waals surface area contributed by atoms with E-state index in [0.717, 1.165) is 11.3 Å². The van der Waals surface area contributed by atoms with E-state index in [4.69, 9.17) is 11.6 Å². The molecule has 0 unspecified atom stereocenters. The number of nitrogens with one attached hydrogen (secondary N) is 1. The van der Waals surface area contributed by atoms with Gasteiger partial charge in [-0.15, -0.1) is 0 Å². The fourth-order valence-electron chi connectivity index (χ4n) is 1.12. The molecule has 4 nitrogen and oxygen atoms in total. The maximum atomic E-state index is 11.1. The third-order valence-corrected chi connectivity index (χ3v) is 2.36. The van der Waals surface area contributed by atoms with E-state index in [9.17, 15) is 4.79 Å². The number of aryl methyl sites for hydroxylation is 2. The fraction of sp³-hybridized carbons (Fsp3) is 0.500. The lowest BCUT2D eigenvalue weighted by Crippen LogP contribution is -2.20. The second kappa shape index (κ2) is 3.79. The molecular formula is C8H12ClN3O. The molecule has 1 heterocycles. The topological polar surface area (TPSA) is 46.9 Å². The van der Waals surface area contributed by atoms with E-state index in [-0.39, 0.29) is 12.3 Å². The van der Waals surface area contributed by atoms with E-state index in [1.54, 1.807) is 18.8 Å². The van der Waals surface area contributed by atoms with Gasteiger partial charge in [-0.25, -0.2) is 0 Å². The minimum absolute atomic E-state index is 0.0574. The van der Waals surface area contributed by atoms with Gasteiger partial charge in [0, 0.05) is 19.7 Å². The third-order valence-electron chi connectivity index (χ3n) is 1.89. The summed E-state index contributed by atoms with van der Waals surface area (Å²) in [5, 5.41) is 7.17. The van der Waals surface area contributed by atoms with E-state index >= 15 is 0 Å². The number of carbonyl (C=O) groups is 1. The number of hydrogen-bond acceptors (Lipinski definition) is 2. The van der Waals surface area contributed by atoms with Crippen LogP contribution >= 0.6 is 11.6 Å². The Morgan fingerprint density at radius 3 is 2.69 bits per heavy atom. The summed E-state index contributed by atoms with van der Waals surface area (Å²) in [7, 11) is 3.35. The van der Waals surface area contributed by atoms with Gasteiger partial charge >= 0.3 is 0 Å². The lowest BCUT2D eigenvalue weighted by molar-refractivity contribution is -0.119. The molecule has 0 aliphatic carbocycles. The molecule has 0 fully saturated rings. The molecule has 13 heavy (non-hydrogen) atoms. The van der Waals surface area contributed by atoms with E-state index in [1.807, 2.05) is 6.92 Å². The summed E-state index contributed by atoms with van der Waals surface area (Å²) in [5.41, 5.74) is 1.60. The Morgan fingerprint density at radius 2 is 2.31 bits per heavy atom. The third kappa shape index (κ3) is 2.01. The molecular weight excluding hydrogens is 190 g/mol. The van der Waals surface area contributed by atoms with E-state index in [2.05, 4.69) is 10.4 Å². The molecule has 0 saturated heterocycles. The molecule has 1 aromatic heterocycles. The number of amides is 1. The van der Waals surface area contributed by atoms with Gasteiger partial charge in [0.15, 0.2) is 0 Å². The molecule has 0 spiro atoms. The van der Waals surface area contributed by atoms with Crippen LogP contribution in [0.4, 0.5) is 0 Å². The van der Waals surface area contributed by atoms with Crippen LogP contribution < -0.4 is 5.32 Å². The van der Waals surface area contributed by atoms with Crippen molar-refractivity contribution < 1.29 is 4.79 Å². The summed E-state index contributed by atoms with van der Waals surface area (Å²) in [6, 6.07) is 0. The minimum atomic E-state index is -0.0574. The van der Waals surface area contributed by atoms with Gasteiger partial charge in [0.2, 0.25) is 5.91 Å². The molecule has 1 rings (SSSR count). The molecule has 5 heteroatoms. The first kappa shape index (κ1) is 10.1. The van der Waals surface area contributed by atoms with Gasteiger partial charge in [0.25, 0.3) is 0 Å². The van der Waals surface area contributed by atoms with Crippen molar-refractivity contribution in [2.75, 3.05) is 7.05 Å². The number of aromatic nitrogens is 2. The molecule has 0 saturated carbocycles. The lowest BCUT2D eigenvalue weighted by atomic mass is 10.2. The van der Waals surface area contributed by atoms with Gasteiger partial charge in [-0.1, -0.05) is 11.6 Å². The average molecular weight is 202 g/mol. The van der Waals surface area contributed by atoms with Crippen LogP contribution in [0.15, 0.2) is 0 Å². The number of hydrogen-bond donors (Lipinski definition) is 1. The Balaban J connectivity index is 2.94. The predicted molar refractivity (Wildman–Crippen MR) is 50.7 cm³/mol. The highest BCUT2D eigenvalue weighted by Crippen LogP contribution is 2.18. The maximum absolute atomic E-state index is 11.1. The van der Waals surface area contributed by atoms with Crippen molar-refractivity contribution in [2.45, 2.75) is 13.3 Å². The van der Waals surface area contributed by atoms with E-state index < -0.39 is 0 Å². The van der Waals surface area contributed by atoms with Crippen LogP contribution in [0.3, 0.4) is 0 Å². The van der Waals surface area contributed by atoms with Crippen molar-refractivity contribution in [3.8, 4) is 0 Å². The summed E-state index contributed by atoms with van der Waals surface area (Å²) in [6.45, 7) is 1.84. The molecule has 0 radical (unpaired) electrons. The Kier molecular flexibility index (Phi) is 2.93. The summed E-state index contributed by atoms with van der Waals surface area (Å²) in [4.78, 5) is 11.1. The summed E-state index contributed by atoms with van der Waals surface area (Å²) >= 11 is 5.94. The standard InChI is InChI=1S/C8H12ClN3O/c1-5-6(4-7(13)10-2)8(9)12(3)11-5/h4H2,1-3H3,(H,10,13). The zero-order valence-electron chi connectivity index (χ0n) is 7.89. The number of halogens is 1. The summed E-state index contributed by atoms with van der Waals surface area (Å²) in [5.74, 6) is -0.0574. The van der Waals surface area contributed by atoms with Crippen molar-refractivity contribution in [1.29, 1.82) is 0 Å². The van der Waals surface area contributed by atoms with Crippen LogP contribution in [-0.2, 0) is 18.3 Å². The largest absolute Gasteiger partial charge is 0.359 e. The van der Waals surface area contributed by atoms with Crippen molar-refractivity contribution in [3.05, 3.63) is 16.4 Å². The molecule has 1 aromatic rings. The molecule has 1 amide bonds. The lowest BCUT2D eigenvalue weighted by Gasteiger charge is -1.98. The molecule has 0 atom stereocenters. The number of rotatable bonds is 2. The fourth-order valence-corrected chi connectivity index (χ4v) is 1.37. The second-order valence-electron chi connectivity index (χ2n) is 2.83. The molecule has 72 valence electrons. The van der Waals surface area contributed by atoms with Crippen molar-refractivity contribution in [3.63, 3.8) is 0 Å². The Bertz CT molecular complexity index is 332. The van der Waals surface area contributed by atoms with Gasteiger partial charge in [-0.2, -0.15) is 5.10 Å². The first-order valence-corrected chi connectivity index (χ1v) is 4.32. The molecule has 0 aliphatic rings. The first-order valence-electron chi connectivity index (χ1n) is 3.94. The number of nitrogens with zero attached hydrogens (tertiary/aromatic N) is 2. The van der Waals surface area contributed by atoms with Crippen LogP contribution in [0.25, 0.3) is 0 Å². The normalized spacial score (nSPS) is 10.2. The zero-order valence-corrected chi connectivity index (χ0v) is 8.64. The number of likely N-dealkylation sites (N-methyl/N-ethyl adjacent to an activating group) is 1. The Morgan fingerprint density at radius 1 is 1.69 bits per heavy atom. The predicted octanol–water partition coefficient (Wildman–Crippen LogP) is 0.670. The highest BCUT2D eigenvalue weighted by Gasteiger charge is 2.13. The van der Waals surface area contributed by atoms with Crippen LogP contribution in [-0.4, -0.2) is 22.7 Å². The van der Waals surface area contributed by atoms with Gasteiger partial charge in [0.05, 0.1) is 12.1 Å². The Labute approximate surface area is 81.9 Å². The van der Waals surface area contributed by atoms with Gasteiger partial charge in [-0.05, 0) is 6.92 Å². The highest BCUT2D eigenvalue weighted by molar-refractivity contribution is 6.30. The summed E-state index contributed by atoms with van der Waals surface area (Å²) < 4.78 is 1.56. The molecule has 0 aliphatic heterocycles. The van der Waals surface area contributed by atoms with Crippen molar-refractivity contribution in [2.24, 2.45) is 7.05 Å². The van der Waals surface area contributed by atoms with E-state index in [0.29, 0.717) is 5.15 Å². The molecule has 1 N–H and O–H groups in total. The van der Waals surface area contributed by atoms with Crippen LogP contribution in [0.5, 0.6) is 0 Å². The number of carbonyl (C=O) groups excluding carboxylic acids is 1. The zero-order chi connectivity index (χ0) is 10.0. The molecule has 0 bridgehead atoms. The van der Waals surface area contributed by atoms with Gasteiger partial charge in [0.1, 0.15) is 5.15 Å². The smallest absolute Gasteiger partial charge is 0.224 e. The van der Waals surface area contributed by atoms with Gasteiger partial charge < -0.3 is 5.32 Å². The highest BCUT2D eigenvalue weighted by atomic mass is 35.5. The molecule has 0 aromatic carbocycles. The quantitative estimate of drug-likeness (QED) is 0.765. The van der Waals surface area contributed by atoms with E-state index in [1.165, 1.54) is 0 Å². The van der Waals surface area contributed by atoms with Gasteiger partial charge in [-0.3, -0.25) is 9.48 Å². The second-order valence-corrected chi connectivity index (χ2v) is 3.19. The van der Waals surface area contributed by atoms with Crippen LogP contribution in [0.1, 0.15) is 11.3 Å². The maximum Gasteiger partial charge on any atom is 0.224 e. The van der Waals surface area contributed by atoms with Crippen molar-refractivity contribution in [1.82, 2.24) is 15.1 Å². The first-order chi connectivity index (χ1) is 6.06. The van der Waals surface area contributed by atoms with Crippen LogP contribution in [0.2, 0.25) is 5.15 Å². The monoisotopic (exact) mass is 201 g/mol. The minimum Gasteiger partial charge on any atom is -0.359 e. The average Bonchev–Trinajstić information content (AvgIpc) is 2.32. The van der Waals surface area contributed by atoms with Crippen molar-refractivity contribution >= 4 is 17.5 Å². The SMILES string of the molecule is CNC(=O)Cc1c(C)nn(C)c1Cl. The van der Waals surface area contributed by atoms with Crippen LogP contribution in [0, 0.1) is 6.92 Å². The Hall–Kier alpha value is -1.03.